The molecule has 0 aliphatic heterocycles. The summed E-state index contributed by atoms with van der Waals surface area (Å²) in [5.41, 5.74) is 0.328. The van der Waals surface area contributed by atoms with Gasteiger partial charge in [0.1, 0.15) is 5.75 Å². The lowest BCUT2D eigenvalue weighted by atomic mass is 10.1. The van der Waals surface area contributed by atoms with Crippen LogP contribution in [0.3, 0.4) is 0 Å². The molecule has 0 bridgehead atoms. The van der Waals surface area contributed by atoms with Crippen LogP contribution in [0.5, 0.6) is 11.5 Å². The van der Waals surface area contributed by atoms with Gasteiger partial charge in [0.05, 0.1) is 24.4 Å². The van der Waals surface area contributed by atoms with Crippen LogP contribution in [0, 0.1) is 17.0 Å². The van der Waals surface area contributed by atoms with Crippen molar-refractivity contribution >= 4 is 23.7 Å². The Balaban J connectivity index is 2.50. The number of rotatable bonds is 8. The first-order valence-corrected chi connectivity index (χ1v) is 8.82. The van der Waals surface area contributed by atoms with Crippen molar-refractivity contribution in [3.63, 3.8) is 0 Å². The fourth-order valence-corrected chi connectivity index (χ4v) is 2.55. The highest BCUT2D eigenvalue weighted by molar-refractivity contribution is 7.98. The van der Waals surface area contributed by atoms with Crippen molar-refractivity contribution in [3.05, 3.63) is 33.6 Å². The molecule has 10 heteroatoms. The Hall–Kier alpha value is -2.62. The number of hydrogen-bond donors (Lipinski definition) is 0. The van der Waals surface area contributed by atoms with Gasteiger partial charge in [-0.3, -0.25) is 10.1 Å². The lowest BCUT2D eigenvalue weighted by molar-refractivity contribution is -0.385. The lowest BCUT2D eigenvalue weighted by Crippen LogP contribution is -2.03. The molecule has 1 aromatic heterocycles. The summed E-state index contributed by atoms with van der Waals surface area (Å²) in [7, 11) is 0. The van der Waals surface area contributed by atoms with Crippen LogP contribution < -0.4 is 9.47 Å². The van der Waals surface area contributed by atoms with Crippen molar-refractivity contribution in [1.29, 1.82) is 0 Å². The molecule has 0 spiro atoms. The van der Waals surface area contributed by atoms with Gasteiger partial charge >= 0.3 is 5.69 Å². The first-order valence-electron chi connectivity index (χ1n) is 7.60. The average Bonchev–Trinajstić information content (AvgIpc) is 2.94. The maximum Gasteiger partial charge on any atom is 0.311 e. The van der Waals surface area contributed by atoms with E-state index < -0.39 is 4.92 Å². The minimum atomic E-state index is -0.491. The van der Waals surface area contributed by atoms with Crippen molar-refractivity contribution < 1.29 is 14.4 Å². The van der Waals surface area contributed by atoms with E-state index in [1.807, 2.05) is 13.2 Å². The van der Waals surface area contributed by atoms with Gasteiger partial charge in [0.15, 0.2) is 5.82 Å². The second-order valence-electron chi connectivity index (χ2n) is 4.77. The van der Waals surface area contributed by atoms with Gasteiger partial charge in [-0.15, -0.1) is 10.2 Å². The molecule has 0 radical (unpaired) electrons. The molecule has 0 unspecified atom stereocenters. The highest BCUT2D eigenvalue weighted by Gasteiger charge is 2.20. The summed E-state index contributed by atoms with van der Waals surface area (Å²) in [4.78, 5) is 10.8. The number of thioether (sulfide) groups is 1. The van der Waals surface area contributed by atoms with Crippen LogP contribution in [0.25, 0.3) is 0 Å². The summed E-state index contributed by atoms with van der Waals surface area (Å²) in [5.74, 6) is 1.23. The minimum Gasteiger partial charge on any atom is -0.493 e. The van der Waals surface area contributed by atoms with Gasteiger partial charge in [0.25, 0.3) is 0 Å². The third-order valence-corrected chi connectivity index (χ3v) is 3.77. The van der Waals surface area contributed by atoms with E-state index in [1.165, 1.54) is 30.1 Å². The second kappa shape index (κ2) is 8.47. The van der Waals surface area contributed by atoms with Crippen molar-refractivity contribution in [2.24, 2.45) is 5.10 Å². The minimum absolute atomic E-state index is 0.141. The molecule has 0 aliphatic carbocycles. The quantitative estimate of drug-likeness (QED) is 0.306. The van der Waals surface area contributed by atoms with Crippen LogP contribution >= 0.6 is 11.8 Å². The van der Waals surface area contributed by atoms with E-state index in [1.54, 1.807) is 18.5 Å². The molecule has 0 saturated heterocycles. The molecule has 0 atom stereocenters. The highest BCUT2D eigenvalue weighted by Crippen LogP contribution is 2.34. The van der Waals surface area contributed by atoms with E-state index in [9.17, 15) is 10.1 Å². The molecule has 0 N–H and O–H groups in total. The molecule has 2 rings (SSSR count). The van der Waals surface area contributed by atoms with Crippen LogP contribution in [-0.4, -0.2) is 45.5 Å². The molecule has 0 amide bonds. The van der Waals surface area contributed by atoms with E-state index in [0.717, 1.165) is 0 Å². The molecule has 2 aromatic rings. The van der Waals surface area contributed by atoms with Gasteiger partial charge in [-0.05, 0) is 27.0 Å². The fraction of sp³-hybridized carbons (Fsp3) is 0.400. The number of nitro benzene ring substituents is 1. The zero-order chi connectivity index (χ0) is 18.4. The van der Waals surface area contributed by atoms with Crippen LogP contribution in [0.2, 0.25) is 0 Å². The van der Waals surface area contributed by atoms with Gasteiger partial charge in [0.2, 0.25) is 10.9 Å². The maximum atomic E-state index is 11.3. The SMILES string of the molecule is CCOc1cc(OCC)c([N+](=O)[O-])cc1/C=N\n1c(C)nnc1SC. The number of benzene rings is 1. The molecular formula is C15H19N5O4S. The van der Waals surface area contributed by atoms with Crippen LogP contribution in [0.4, 0.5) is 5.69 Å². The van der Waals surface area contributed by atoms with E-state index in [2.05, 4.69) is 15.3 Å². The normalized spacial score (nSPS) is 11.0. The number of hydrogen-bond acceptors (Lipinski definition) is 8. The maximum absolute atomic E-state index is 11.3. The van der Waals surface area contributed by atoms with Crippen molar-refractivity contribution in [2.75, 3.05) is 19.5 Å². The zero-order valence-corrected chi connectivity index (χ0v) is 15.2. The summed E-state index contributed by atoms with van der Waals surface area (Å²) in [6.45, 7) is 6.09. The molecule has 1 heterocycles. The first kappa shape index (κ1) is 18.7. The van der Waals surface area contributed by atoms with Gasteiger partial charge in [0, 0.05) is 17.7 Å². The Labute approximate surface area is 149 Å². The smallest absolute Gasteiger partial charge is 0.311 e. The molecule has 1 aromatic carbocycles. The van der Waals surface area contributed by atoms with Crippen LogP contribution in [0.15, 0.2) is 22.4 Å². The molecule has 0 fully saturated rings. The topological polar surface area (TPSA) is 105 Å². The standard InChI is InChI=1S/C15H19N5O4S/c1-5-23-13-8-14(24-6-2)12(20(21)22)7-11(13)9-16-19-10(3)17-18-15(19)25-4/h7-9H,5-6H2,1-4H3/b16-9-. The molecule has 9 nitrogen and oxygen atoms in total. The monoisotopic (exact) mass is 365 g/mol. The Morgan fingerprint density at radius 3 is 2.56 bits per heavy atom. The Morgan fingerprint density at radius 2 is 1.96 bits per heavy atom. The predicted molar refractivity (Wildman–Crippen MR) is 95.0 cm³/mol. The largest absolute Gasteiger partial charge is 0.493 e. The number of ether oxygens (including phenoxy) is 2. The van der Waals surface area contributed by atoms with Crippen molar-refractivity contribution in [1.82, 2.24) is 14.9 Å². The number of nitrogens with zero attached hydrogens (tertiary/aromatic N) is 5. The van der Waals surface area contributed by atoms with Gasteiger partial charge < -0.3 is 9.47 Å². The number of nitro groups is 1. The van der Waals surface area contributed by atoms with Crippen LogP contribution in [-0.2, 0) is 0 Å². The molecule has 0 saturated carbocycles. The third kappa shape index (κ3) is 4.27. The second-order valence-corrected chi connectivity index (χ2v) is 5.54. The lowest BCUT2D eigenvalue weighted by Gasteiger charge is -2.11. The molecular weight excluding hydrogens is 346 g/mol. The van der Waals surface area contributed by atoms with E-state index in [4.69, 9.17) is 9.47 Å². The molecule has 134 valence electrons. The summed E-state index contributed by atoms with van der Waals surface area (Å²) < 4.78 is 12.5. The summed E-state index contributed by atoms with van der Waals surface area (Å²) in [6, 6.07) is 2.90. The van der Waals surface area contributed by atoms with E-state index >= 15 is 0 Å². The fourth-order valence-electron chi connectivity index (χ4n) is 2.08. The Morgan fingerprint density at radius 1 is 1.28 bits per heavy atom. The van der Waals surface area contributed by atoms with E-state index in [0.29, 0.717) is 35.5 Å². The number of aryl methyl sites for hydroxylation is 1. The summed E-state index contributed by atoms with van der Waals surface area (Å²) >= 11 is 1.40. The number of aromatic nitrogens is 3. The van der Waals surface area contributed by atoms with E-state index in [-0.39, 0.29) is 11.4 Å². The first-order chi connectivity index (χ1) is 12.0. The van der Waals surface area contributed by atoms with Crippen molar-refractivity contribution in [2.45, 2.75) is 25.9 Å². The zero-order valence-electron chi connectivity index (χ0n) is 14.4. The highest BCUT2D eigenvalue weighted by atomic mass is 32.2. The predicted octanol–water partition coefficient (Wildman–Crippen LogP) is 2.90. The molecule has 25 heavy (non-hydrogen) atoms. The Bertz CT molecular complexity index is 790. The van der Waals surface area contributed by atoms with Gasteiger partial charge in [-0.2, -0.15) is 9.78 Å². The summed E-state index contributed by atoms with van der Waals surface area (Å²) in [6.07, 6.45) is 3.35. The summed E-state index contributed by atoms with van der Waals surface area (Å²) in [5, 5.41) is 24.2. The Kier molecular flexibility index (Phi) is 6.34. The van der Waals surface area contributed by atoms with Gasteiger partial charge in [-0.1, -0.05) is 11.8 Å². The van der Waals surface area contributed by atoms with Gasteiger partial charge in [-0.25, -0.2) is 0 Å². The average molecular weight is 365 g/mol. The molecule has 0 aliphatic rings. The van der Waals surface area contributed by atoms with Crippen LogP contribution in [0.1, 0.15) is 25.2 Å². The third-order valence-electron chi connectivity index (χ3n) is 3.15. The van der Waals surface area contributed by atoms with Crippen molar-refractivity contribution in [3.8, 4) is 11.5 Å².